The Kier molecular flexibility index (Phi) is 3.40. The van der Waals surface area contributed by atoms with Crippen LogP contribution in [0.3, 0.4) is 0 Å². The lowest BCUT2D eigenvalue weighted by atomic mass is 10.1. The number of aryl methyl sites for hydroxylation is 1. The molecule has 0 saturated heterocycles. The first-order valence-electron chi connectivity index (χ1n) is 5.89. The number of nitrogens with one attached hydrogen (secondary N) is 1. The SMILES string of the molecule is CCc1cccc2c1NC(CCN)CS2(=O)=O. The molecule has 94 valence electrons. The van der Waals surface area contributed by atoms with E-state index in [1.54, 1.807) is 12.1 Å². The van der Waals surface area contributed by atoms with E-state index in [9.17, 15) is 8.42 Å². The fourth-order valence-electron chi connectivity index (χ4n) is 2.25. The molecular formula is C12H18N2O2S. The Labute approximate surface area is 102 Å². The van der Waals surface area contributed by atoms with Crippen molar-refractivity contribution in [2.75, 3.05) is 17.6 Å². The second-order valence-electron chi connectivity index (χ2n) is 4.34. The Morgan fingerprint density at radius 2 is 2.24 bits per heavy atom. The summed E-state index contributed by atoms with van der Waals surface area (Å²) < 4.78 is 24.3. The average molecular weight is 254 g/mol. The van der Waals surface area contributed by atoms with Crippen molar-refractivity contribution in [1.29, 1.82) is 0 Å². The summed E-state index contributed by atoms with van der Waals surface area (Å²) in [6, 6.07) is 5.38. The topological polar surface area (TPSA) is 72.2 Å². The molecule has 0 fully saturated rings. The minimum atomic E-state index is -3.16. The molecule has 0 radical (unpaired) electrons. The van der Waals surface area contributed by atoms with Crippen LogP contribution in [0.15, 0.2) is 23.1 Å². The first-order valence-corrected chi connectivity index (χ1v) is 7.55. The number of sulfone groups is 1. The first kappa shape index (κ1) is 12.4. The Balaban J connectivity index is 2.49. The highest BCUT2D eigenvalue weighted by Gasteiger charge is 2.30. The number of para-hydroxylation sites is 1. The largest absolute Gasteiger partial charge is 0.380 e. The molecule has 3 N–H and O–H groups in total. The fourth-order valence-corrected chi connectivity index (χ4v) is 4.00. The molecular weight excluding hydrogens is 236 g/mol. The molecule has 1 heterocycles. The second-order valence-corrected chi connectivity index (χ2v) is 6.35. The zero-order valence-electron chi connectivity index (χ0n) is 9.94. The monoisotopic (exact) mass is 254 g/mol. The highest BCUT2D eigenvalue weighted by atomic mass is 32.2. The molecule has 17 heavy (non-hydrogen) atoms. The molecule has 1 aromatic rings. The van der Waals surface area contributed by atoms with Crippen molar-refractivity contribution in [2.24, 2.45) is 5.73 Å². The maximum Gasteiger partial charge on any atom is 0.182 e. The van der Waals surface area contributed by atoms with Crippen molar-refractivity contribution in [3.8, 4) is 0 Å². The third kappa shape index (κ3) is 2.30. The maximum absolute atomic E-state index is 12.1. The van der Waals surface area contributed by atoms with Gasteiger partial charge < -0.3 is 11.1 Å². The Morgan fingerprint density at radius 1 is 1.47 bits per heavy atom. The smallest absolute Gasteiger partial charge is 0.182 e. The Morgan fingerprint density at radius 3 is 2.88 bits per heavy atom. The van der Waals surface area contributed by atoms with Crippen molar-refractivity contribution in [1.82, 2.24) is 0 Å². The van der Waals surface area contributed by atoms with E-state index in [4.69, 9.17) is 5.73 Å². The molecule has 5 heteroatoms. The lowest BCUT2D eigenvalue weighted by molar-refractivity contribution is 0.580. The summed E-state index contributed by atoms with van der Waals surface area (Å²) in [4.78, 5) is 0.435. The third-order valence-corrected chi connectivity index (χ3v) is 4.96. The zero-order valence-corrected chi connectivity index (χ0v) is 10.8. The van der Waals surface area contributed by atoms with Gasteiger partial charge in [0, 0.05) is 6.04 Å². The molecule has 1 aliphatic heterocycles. The lowest BCUT2D eigenvalue weighted by Gasteiger charge is -2.28. The number of hydrogen-bond donors (Lipinski definition) is 2. The number of anilines is 1. The van der Waals surface area contributed by atoms with Crippen LogP contribution in [0.25, 0.3) is 0 Å². The van der Waals surface area contributed by atoms with Crippen molar-refractivity contribution in [3.05, 3.63) is 23.8 Å². The number of nitrogens with two attached hydrogens (primary N) is 1. The van der Waals surface area contributed by atoms with Gasteiger partial charge in [0.15, 0.2) is 9.84 Å². The van der Waals surface area contributed by atoms with Gasteiger partial charge in [0.2, 0.25) is 0 Å². The Hall–Kier alpha value is -1.07. The molecule has 1 aliphatic rings. The van der Waals surface area contributed by atoms with Gasteiger partial charge in [-0.1, -0.05) is 19.1 Å². The zero-order chi connectivity index (χ0) is 12.5. The van der Waals surface area contributed by atoms with E-state index in [1.165, 1.54) is 0 Å². The van der Waals surface area contributed by atoms with Crippen LogP contribution in [0.4, 0.5) is 5.69 Å². The molecule has 0 aliphatic carbocycles. The average Bonchev–Trinajstić information content (AvgIpc) is 2.28. The molecule has 0 amide bonds. The van der Waals surface area contributed by atoms with Gasteiger partial charge in [-0.15, -0.1) is 0 Å². The van der Waals surface area contributed by atoms with E-state index in [1.807, 2.05) is 13.0 Å². The maximum atomic E-state index is 12.1. The van der Waals surface area contributed by atoms with Gasteiger partial charge in [0.05, 0.1) is 16.3 Å². The molecule has 1 unspecified atom stereocenters. The predicted molar refractivity (Wildman–Crippen MR) is 69.0 cm³/mol. The van der Waals surface area contributed by atoms with E-state index < -0.39 is 9.84 Å². The van der Waals surface area contributed by atoms with Gasteiger partial charge in [-0.3, -0.25) is 0 Å². The fraction of sp³-hybridized carbons (Fsp3) is 0.500. The second kappa shape index (κ2) is 4.66. The number of hydrogen-bond acceptors (Lipinski definition) is 4. The van der Waals surface area contributed by atoms with Crippen LogP contribution in [-0.4, -0.2) is 26.8 Å². The minimum absolute atomic E-state index is 0.0646. The van der Waals surface area contributed by atoms with E-state index >= 15 is 0 Å². The minimum Gasteiger partial charge on any atom is -0.380 e. The van der Waals surface area contributed by atoms with E-state index in [0.29, 0.717) is 17.9 Å². The van der Waals surface area contributed by atoms with Crippen LogP contribution < -0.4 is 11.1 Å². The van der Waals surface area contributed by atoms with Crippen LogP contribution in [0.1, 0.15) is 18.9 Å². The van der Waals surface area contributed by atoms with Crippen LogP contribution in [-0.2, 0) is 16.3 Å². The summed E-state index contributed by atoms with van der Waals surface area (Å²) in [5, 5.41) is 3.31. The highest BCUT2D eigenvalue weighted by molar-refractivity contribution is 7.91. The Bertz CT molecular complexity index is 511. The van der Waals surface area contributed by atoms with Crippen molar-refractivity contribution in [3.63, 3.8) is 0 Å². The van der Waals surface area contributed by atoms with Gasteiger partial charge in [-0.25, -0.2) is 8.42 Å². The standard InChI is InChI=1S/C12H18N2O2S/c1-2-9-4-3-5-11-12(9)14-10(6-7-13)8-17(11,15)16/h3-5,10,14H,2,6-8,13H2,1H3. The molecule has 0 spiro atoms. The molecule has 0 bridgehead atoms. The predicted octanol–water partition coefficient (Wildman–Crippen LogP) is 1.17. The van der Waals surface area contributed by atoms with E-state index in [-0.39, 0.29) is 11.8 Å². The third-order valence-electron chi connectivity index (χ3n) is 3.11. The van der Waals surface area contributed by atoms with Gasteiger partial charge in [0.25, 0.3) is 0 Å². The highest BCUT2D eigenvalue weighted by Crippen LogP contribution is 2.32. The molecule has 0 aromatic heterocycles. The molecule has 2 rings (SSSR count). The summed E-state index contributed by atoms with van der Waals surface area (Å²) in [5.41, 5.74) is 7.33. The number of rotatable bonds is 3. The van der Waals surface area contributed by atoms with Crippen LogP contribution >= 0.6 is 0 Å². The van der Waals surface area contributed by atoms with Crippen molar-refractivity contribution >= 4 is 15.5 Å². The summed E-state index contributed by atoms with van der Waals surface area (Å²) in [5.74, 6) is 0.143. The molecule has 1 aromatic carbocycles. The van der Waals surface area contributed by atoms with Gasteiger partial charge >= 0.3 is 0 Å². The summed E-state index contributed by atoms with van der Waals surface area (Å²) in [7, 11) is -3.16. The molecule has 0 saturated carbocycles. The van der Waals surface area contributed by atoms with Crippen LogP contribution in [0.5, 0.6) is 0 Å². The summed E-state index contributed by atoms with van der Waals surface area (Å²) >= 11 is 0. The lowest BCUT2D eigenvalue weighted by Crippen LogP contribution is -2.36. The quantitative estimate of drug-likeness (QED) is 0.849. The van der Waals surface area contributed by atoms with Crippen LogP contribution in [0, 0.1) is 0 Å². The van der Waals surface area contributed by atoms with Crippen LogP contribution in [0.2, 0.25) is 0 Å². The van der Waals surface area contributed by atoms with Gasteiger partial charge in [-0.2, -0.15) is 0 Å². The van der Waals surface area contributed by atoms with E-state index in [2.05, 4.69) is 5.32 Å². The molecule has 1 atom stereocenters. The van der Waals surface area contributed by atoms with Gasteiger partial charge in [-0.05, 0) is 31.0 Å². The first-order chi connectivity index (χ1) is 8.08. The normalized spacial score (nSPS) is 21.6. The summed E-state index contributed by atoms with van der Waals surface area (Å²) in [6.45, 7) is 2.52. The number of fused-ring (bicyclic) bond motifs is 1. The van der Waals surface area contributed by atoms with E-state index in [0.717, 1.165) is 17.7 Å². The molecule has 4 nitrogen and oxygen atoms in total. The number of benzene rings is 1. The van der Waals surface area contributed by atoms with Crippen molar-refractivity contribution in [2.45, 2.75) is 30.7 Å². The van der Waals surface area contributed by atoms with Gasteiger partial charge in [0.1, 0.15) is 0 Å². The summed E-state index contributed by atoms with van der Waals surface area (Å²) in [6.07, 6.45) is 1.50. The van der Waals surface area contributed by atoms with Crippen molar-refractivity contribution < 1.29 is 8.42 Å².